The normalized spacial score (nSPS) is 13.4. The van der Waals surface area contributed by atoms with Crippen molar-refractivity contribution in [1.82, 2.24) is 5.32 Å². The number of aliphatic carboxylic acids is 1. The van der Waals surface area contributed by atoms with Gasteiger partial charge in [-0.1, -0.05) is 30.3 Å². The van der Waals surface area contributed by atoms with Crippen LogP contribution in [0.3, 0.4) is 0 Å². The predicted octanol–water partition coefficient (Wildman–Crippen LogP) is 0.994. The van der Waals surface area contributed by atoms with E-state index in [0.29, 0.717) is 0 Å². The average Bonchev–Trinajstić information content (AvgIpc) is 2.42. The molecule has 1 rings (SSSR count). The first-order valence-corrected chi connectivity index (χ1v) is 5.85. The first kappa shape index (κ1) is 15.0. The zero-order chi connectivity index (χ0) is 14.3. The number of carbonyl (C=O) groups is 2. The summed E-state index contributed by atoms with van der Waals surface area (Å²) in [6, 6.07) is 8.22. The number of ether oxygens (including phenoxy) is 1. The molecular formula is C13H17NO5. The van der Waals surface area contributed by atoms with Crippen LogP contribution in [0.15, 0.2) is 30.3 Å². The van der Waals surface area contributed by atoms with E-state index < -0.39 is 30.6 Å². The van der Waals surface area contributed by atoms with Gasteiger partial charge in [-0.3, -0.25) is 4.79 Å². The van der Waals surface area contributed by atoms with Crippen molar-refractivity contribution < 1.29 is 24.5 Å². The van der Waals surface area contributed by atoms with Crippen LogP contribution in [0.25, 0.3) is 0 Å². The number of aliphatic hydroxyl groups is 1. The Labute approximate surface area is 111 Å². The molecule has 0 aliphatic rings. The molecule has 0 bridgehead atoms. The fourth-order valence-corrected chi connectivity index (χ4v) is 1.42. The fourth-order valence-electron chi connectivity index (χ4n) is 1.42. The van der Waals surface area contributed by atoms with Crippen LogP contribution < -0.4 is 5.32 Å². The summed E-state index contributed by atoms with van der Waals surface area (Å²) in [6.45, 7) is 1.03. The van der Waals surface area contributed by atoms with Gasteiger partial charge in [-0.15, -0.1) is 0 Å². The molecule has 0 aromatic heterocycles. The van der Waals surface area contributed by atoms with E-state index >= 15 is 0 Å². The molecule has 1 aromatic carbocycles. The Balaban J connectivity index is 2.43. The van der Waals surface area contributed by atoms with Crippen LogP contribution in [0.4, 0.5) is 4.79 Å². The van der Waals surface area contributed by atoms with Gasteiger partial charge < -0.3 is 20.3 Å². The quantitative estimate of drug-likeness (QED) is 0.714. The highest BCUT2D eigenvalue weighted by Gasteiger charge is 2.24. The number of amides is 1. The van der Waals surface area contributed by atoms with Crippen LogP contribution in [-0.2, 0) is 16.1 Å². The summed E-state index contributed by atoms with van der Waals surface area (Å²) in [5.74, 6) is -1.99. The third-order valence-electron chi connectivity index (χ3n) is 2.71. The Morgan fingerprint density at radius 2 is 1.95 bits per heavy atom. The van der Waals surface area contributed by atoms with E-state index in [2.05, 4.69) is 5.32 Å². The summed E-state index contributed by atoms with van der Waals surface area (Å²) in [4.78, 5) is 22.2. The van der Waals surface area contributed by atoms with Gasteiger partial charge in [0.15, 0.2) is 0 Å². The molecule has 0 fully saturated rings. The third-order valence-corrected chi connectivity index (χ3v) is 2.71. The summed E-state index contributed by atoms with van der Waals surface area (Å²) in [5.41, 5.74) is 0.824. The highest BCUT2D eigenvalue weighted by Crippen LogP contribution is 2.04. The van der Waals surface area contributed by atoms with Crippen LogP contribution in [0.5, 0.6) is 0 Å². The lowest BCUT2D eigenvalue weighted by Gasteiger charge is -2.19. The number of hydrogen-bond acceptors (Lipinski definition) is 4. The largest absolute Gasteiger partial charge is 0.481 e. The lowest BCUT2D eigenvalue weighted by molar-refractivity contribution is -0.142. The summed E-state index contributed by atoms with van der Waals surface area (Å²) in [5, 5.41) is 20.2. The average molecular weight is 267 g/mol. The van der Waals surface area contributed by atoms with Crippen LogP contribution in [0.1, 0.15) is 12.5 Å². The van der Waals surface area contributed by atoms with Crippen molar-refractivity contribution in [1.29, 1.82) is 0 Å². The minimum absolute atomic E-state index is 0.0896. The Kier molecular flexibility index (Phi) is 5.81. The SMILES string of the molecule is C[C@@H](C(=O)O)[C@H](CO)NC(=O)OCc1ccccc1. The second-order valence-electron chi connectivity index (χ2n) is 4.12. The molecule has 6 heteroatoms. The Hall–Kier alpha value is -2.08. The molecule has 1 amide bonds. The zero-order valence-electron chi connectivity index (χ0n) is 10.6. The topological polar surface area (TPSA) is 95.9 Å². The maximum absolute atomic E-state index is 11.5. The second-order valence-corrected chi connectivity index (χ2v) is 4.12. The van der Waals surface area contributed by atoms with Crippen LogP contribution in [0.2, 0.25) is 0 Å². The molecular weight excluding hydrogens is 250 g/mol. The van der Waals surface area contributed by atoms with E-state index in [9.17, 15) is 9.59 Å². The van der Waals surface area contributed by atoms with Crippen molar-refractivity contribution in [2.24, 2.45) is 5.92 Å². The standard InChI is InChI=1S/C13H17NO5/c1-9(12(16)17)11(7-15)14-13(18)19-8-10-5-3-2-4-6-10/h2-6,9,11,15H,7-8H2,1H3,(H,14,18)(H,16,17)/t9-,11+/m1/s1. The first-order valence-electron chi connectivity index (χ1n) is 5.85. The molecule has 0 spiro atoms. The summed E-state index contributed by atoms with van der Waals surface area (Å²) in [7, 11) is 0. The van der Waals surface area contributed by atoms with E-state index in [4.69, 9.17) is 14.9 Å². The molecule has 2 atom stereocenters. The number of rotatable bonds is 6. The van der Waals surface area contributed by atoms with Crippen molar-refractivity contribution in [3.8, 4) is 0 Å². The van der Waals surface area contributed by atoms with Gasteiger partial charge in [-0.2, -0.15) is 0 Å². The van der Waals surface area contributed by atoms with E-state index in [0.717, 1.165) is 5.56 Å². The highest BCUT2D eigenvalue weighted by molar-refractivity contribution is 5.73. The van der Waals surface area contributed by atoms with Crippen LogP contribution in [0, 0.1) is 5.92 Å². The number of alkyl carbamates (subject to hydrolysis) is 1. The summed E-state index contributed by atoms with van der Waals surface area (Å²) >= 11 is 0. The fraction of sp³-hybridized carbons (Fsp3) is 0.385. The van der Waals surface area contributed by atoms with Crippen molar-refractivity contribution in [2.45, 2.75) is 19.6 Å². The van der Waals surface area contributed by atoms with Crippen molar-refractivity contribution >= 4 is 12.1 Å². The second kappa shape index (κ2) is 7.38. The van der Waals surface area contributed by atoms with Crippen molar-refractivity contribution in [3.05, 3.63) is 35.9 Å². The highest BCUT2D eigenvalue weighted by atomic mass is 16.5. The van der Waals surface area contributed by atoms with E-state index in [1.807, 2.05) is 18.2 Å². The molecule has 0 radical (unpaired) electrons. The molecule has 0 heterocycles. The minimum Gasteiger partial charge on any atom is -0.481 e. The van der Waals surface area contributed by atoms with Gasteiger partial charge in [0, 0.05) is 0 Å². The molecule has 0 saturated carbocycles. The van der Waals surface area contributed by atoms with Gasteiger partial charge in [0.1, 0.15) is 6.61 Å². The maximum atomic E-state index is 11.5. The van der Waals surface area contributed by atoms with Crippen molar-refractivity contribution in [3.63, 3.8) is 0 Å². The van der Waals surface area contributed by atoms with Gasteiger partial charge in [-0.05, 0) is 12.5 Å². The lowest BCUT2D eigenvalue weighted by atomic mass is 10.0. The Morgan fingerprint density at radius 1 is 1.32 bits per heavy atom. The molecule has 19 heavy (non-hydrogen) atoms. The number of carboxylic acids is 1. The number of hydrogen-bond donors (Lipinski definition) is 3. The summed E-state index contributed by atoms with van der Waals surface area (Å²) < 4.78 is 4.94. The lowest BCUT2D eigenvalue weighted by Crippen LogP contribution is -2.44. The van der Waals surface area contributed by atoms with Gasteiger partial charge in [0.2, 0.25) is 0 Å². The number of aliphatic hydroxyl groups excluding tert-OH is 1. The van der Waals surface area contributed by atoms with Crippen LogP contribution in [-0.4, -0.2) is 34.9 Å². The van der Waals surface area contributed by atoms with E-state index in [1.165, 1.54) is 6.92 Å². The van der Waals surface area contributed by atoms with Gasteiger partial charge in [-0.25, -0.2) is 4.79 Å². The molecule has 6 nitrogen and oxygen atoms in total. The molecule has 0 saturated heterocycles. The zero-order valence-corrected chi connectivity index (χ0v) is 10.6. The first-order chi connectivity index (χ1) is 9.04. The van der Waals surface area contributed by atoms with Crippen LogP contribution >= 0.6 is 0 Å². The minimum atomic E-state index is -1.09. The summed E-state index contributed by atoms with van der Waals surface area (Å²) in [6.07, 6.45) is -0.754. The monoisotopic (exact) mass is 267 g/mol. The van der Waals surface area contributed by atoms with E-state index in [1.54, 1.807) is 12.1 Å². The molecule has 0 aliphatic heterocycles. The number of carboxylic acid groups (broad SMARTS) is 1. The smallest absolute Gasteiger partial charge is 0.407 e. The number of benzene rings is 1. The molecule has 0 aliphatic carbocycles. The molecule has 1 aromatic rings. The molecule has 104 valence electrons. The maximum Gasteiger partial charge on any atom is 0.407 e. The van der Waals surface area contributed by atoms with Crippen molar-refractivity contribution in [2.75, 3.05) is 6.61 Å². The van der Waals surface area contributed by atoms with Gasteiger partial charge >= 0.3 is 12.1 Å². The third kappa shape index (κ3) is 4.97. The molecule has 3 N–H and O–H groups in total. The van der Waals surface area contributed by atoms with E-state index in [-0.39, 0.29) is 6.61 Å². The Bertz CT molecular complexity index is 420. The predicted molar refractivity (Wildman–Crippen MR) is 67.4 cm³/mol. The number of nitrogens with one attached hydrogen (secondary N) is 1. The molecule has 0 unspecified atom stereocenters. The van der Waals surface area contributed by atoms with Gasteiger partial charge in [0.05, 0.1) is 18.6 Å². The Morgan fingerprint density at radius 3 is 2.47 bits per heavy atom. The number of carbonyl (C=O) groups excluding carboxylic acids is 1. The van der Waals surface area contributed by atoms with Gasteiger partial charge in [0.25, 0.3) is 0 Å².